The van der Waals surface area contributed by atoms with E-state index >= 15 is 0 Å². The lowest BCUT2D eigenvalue weighted by Gasteiger charge is -2.17. The lowest BCUT2D eigenvalue weighted by Crippen LogP contribution is -2.20. The van der Waals surface area contributed by atoms with E-state index in [1.165, 1.54) is 16.2 Å². The molecule has 15 heavy (non-hydrogen) atoms. The largest absolute Gasteiger partial charge is 0.197 e. The number of nitriles is 1. The highest BCUT2D eigenvalue weighted by Crippen LogP contribution is 2.41. The van der Waals surface area contributed by atoms with Crippen molar-refractivity contribution in [3.8, 4) is 6.07 Å². The Balaban J connectivity index is 2.10. The molecule has 1 unspecified atom stereocenters. The van der Waals surface area contributed by atoms with E-state index in [2.05, 4.69) is 25.1 Å². The van der Waals surface area contributed by atoms with E-state index < -0.39 is 0 Å². The van der Waals surface area contributed by atoms with Gasteiger partial charge in [-0.25, -0.2) is 0 Å². The molecule has 0 spiro atoms. The first-order chi connectivity index (χ1) is 7.28. The Labute approximate surface area is 99.5 Å². The molecule has 2 heterocycles. The molecule has 80 valence electrons. The Morgan fingerprint density at radius 2 is 2.27 bits per heavy atom. The van der Waals surface area contributed by atoms with Gasteiger partial charge in [0.15, 0.2) is 0 Å². The van der Waals surface area contributed by atoms with Crippen molar-refractivity contribution in [1.29, 1.82) is 5.26 Å². The molecule has 0 N–H and O–H groups in total. The molecule has 1 aromatic heterocycles. The molecule has 0 bridgehead atoms. The lowest BCUT2D eigenvalue weighted by atomic mass is 10.00. The minimum absolute atomic E-state index is 0.115. The number of hydrogen-bond acceptors (Lipinski definition) is 3. The van der Waals surface area contributed by atoms with Crippen molar-refractivity contribution in [2.24, 2.45) is 0 Å². The first kappa shape index (κ1) is 11.0. The van der Waals surface area contributed by atoms with Crippen molar-refractivity contribution in [3.05, 3.63) is 21.9 Å². The SMILES string of the molecule is CCc1ccc(CC2(C#N)CCCS2)s1. The molecule has 2 rings (SSSR count). The molecule has 1 fully saturated rings. The van der Waals surface area contributed by atoms with Crippen molar-refractivity contribution >= 4 is 23.1 Å². The summed E-state index contributed by atoms with van der Waals surface area (Å²) in [6, 6.07) is 6.92. The van der Waals surface area contributed by atoms with E-state index in [0.717, 1.165) is 25.0 Å². The number of rotatable bonds is 3. The van der Waals surface area contributed by atoms with E-state index in [-0.39, 0.29) is 4.75 Å². The monoisotopic (exact) mass is 237 g/mol. The predicted molar refractivity (Wildman–Crippen MR) is 67.4 cm³/mol. The van der Waals surface area contributed by atoms with Crippen LogP contribution < -0.4 is 0 Å². The fraction of sp³-hybridized carbons (Fsp3) is 0.583. The van der Waals surface area contributed by atoms with Gasteiger partial charge in [-0.15, -0.1) is 23.1 Å². The van der Waals surface area contributed by atoms with Crippen LogP contribution in [0.5, 0.6) is 0 Å². The summed E-state index contributed by atoms with van der Waals surface area (Å²) in [4.78, 5) is 2.81. The van der Waals surface area contributed by atoms with Gasteiger partial charge in [-0.05, 0) is 37.1 Å². The third-order valence-corrected chi connectivity index (χ3v) is 5.55. The Bertz CT molecular complexity index is 369. The third kappa shape index (κ3) is 2.38. The van der Waals surface area contributed by atoms with Crippen molar-refractivity contribution in [1.82, 2.24) is 0 Å². The normalized spacial score (nSPS) is 25.3. The molecule has 1 aromatic rings. The molecule has 1 aliphatic rings. The standard InChI is InChI=1S/C12H15NS2/c1-2-10-4-5-11(15-10)8-12(9-13)6-3-7-14-12/h4-5H,2-3,6-8H2,1H3. The van der Waals surface area contributed by atoms with Gasteiger partial charge in [0, 0.05) is 16.2 Å². The van der Waals surface area contributed by atoms with Gasteiger partial charge < -0.3 is 0 Å². The van der Waals surface area contributed by atoms with Gasteiger partial charge in [0.1, 0.15) is 4.75 Å². The fourth-order valence-corrected chi connectivity index (χ4v) is 4.41. The molecular weight excluding hydrogens is 222 g/mol. The Morgan fingerprint density at radius 1 is 1.47 bits per heavy atom. The van der Waals surface area contributed by atoms with Gasteiger partial charge in [0.2, 0.25) is 0 Å². The van der Waals surface area contributed by atoms with Crippen LogP contribution in [-0.2, 0) is 12.8 Å². The molecule has 0 amide bonds. The molecule has 1 atom stereocenters. The Kier molecular flexibility index (Phi) is 3.38. The van der Waals surface area contributed by atoms with Crippen LogP contribution in [0.4, 0.5) is 0 Å². The number of hydrogen-bond donors (Lipinski definition) is 0. The average molecular weight is 237 g/mol. The smallest absolute Gasteiger partial charge is 0.107 e. The number of thioether (sulfide) groups is 1. The highest BCUT2D eigenvalue weighted by molar-refractivity contribution is 8.01. The van der Waals surface area contributed by atoms with Crippen LogP contribution in [0.25, 0.3) is 0 Å². The molecule has 0 aliphatic carbocycles. The fourth-order valence-electron chi connectivity index (χ4n) is 1.95. The highest BCUT2D eigenvalue weighted by Gasteiger charge is 2.35. The van der Waals surface area contributed by atoms with E-state index in [1.54, 1.807) is 0 Å². The summed E-state index contributed by atoms with van der Waals surface area (Å²) in [6.07, 6.45) is 4.31. The molecule has 3 heteroatoms. The summed E-state index contributed by atoms with van der Waals surface area (Å²) >= 11 is 3.72. The van der Waals surface area contributed by atoms with Gasteiger partial charge in [-0.3, -0.25) is 0 Å². The van der Waals surface area contributed by atoms with E-state index in [0.29, 0.717) is 0 Å². The van der Waals surface area contributed by atoms with Crippen molar-refractivity contribution in [2.45, 2.75) is 37.4 Å². The van der Waals surface area contributed by atoms with Crippen LogP contribution >= 0.6 is 23.1 Å². The summed E-state index contributed by atoms with van der Waals surface area (Å²) in [7, 11) is 0. The quantitative estimate of drug-likeness (QED) is 0.801. The zero-order chi connectivity index (χ0) is 10.7. The number of aryl methyl sites for hydroxylation is 1. The molecule has 1 nitrogen and oxygen atoms in total. The second-order valence-corrected chi connectivity index (χ2v) is 6.69. The van der Waals surface area contributed by atoms with Crippen molar-refractivity contribution in [2.75, 3.05) is 5.75 Å². The van der Waals surface area contributed by atoms with Gasteiger partial charge in [0.25, 0.3) is 0 Å². The molecule has 1 aliphatic heterocycles. The minimum atomic E-state index is -0.115. The summed E-state index contributed by atoms with van der Waals surface area (Å²) in [5.41, 5.74) is 0. The summed E-state index contributed by atoms with van der Waals surface area (Å²) < 4.78 is -0.115. The van der Waals surface area contributed by atoms with Crippen molar-refractivity contribution in [3.63, 3.8) is 0 Å². The molecule has 0 saturated carbocycles. The maximum atomic E-state index is 9.28. The first-order valence-corrected chi connectivity index (χ1v) is 7.21. The van der Waals surface area contributed by atoms with Crippen molar-refractivity contribution < 1.29 is 0 Å². The molecule has 0 radical (unpaired) electrons. The Morgan fingerprint density at radius 3 is 2.80 bits per heavy atom. The third-order valence-electron chi connectivity index (χ3n) is 2.83. The van der Waals surface area contributed by atoms with E-state index in [4.69, 9.17) is 0 Å². The topological polar surface area (TPSA) is 23.8 Å². The molecular formula is C12H15NS2. The highest BCUT2D eigenvalue weighted by atomic mass is 32.2. The number of nitrogens with zero attached hydrogens (tertiary/aromatic N) is 1. The second kappa shape index (κ2) is 4.59. The van der Waals surface area contributed by atoms with E-state index in [1.807, 2.05) is 23.1 Å². The molecule has 1 saturated heterocycles. The van der Waals surface area contributed by atoms with Crippen LogP contribution in [0, 0.1) is 11.3 Å². The average Bonchev–Trinajstić information content (AvgIpc) is 2.88. The zero-order valence-corrected chi connectivity index (χ0v) is 10.6. The first-order valence-electron chi connectivity index (χ1n) is 5.41. The lowest BCUT2D eigenvalue weighted by molar-refractivity contribution is 0.677. The van der Waals surface area contributed by atoms with Crippen LogP contribution in [0.15, 0.2) is 12.1 Å². The summed E-state index contributed by atoms with van der Waals surface area (Å²) in [5.74, 6) is 1.15. The van der Waals surface area contributed by atoms with Gasteiger partial charge in [-0.2, -0.15) is 5.26 Å². The van der Waals surface area contributed by atoms with Crippen LogP contribution in [-0.4, -0.2) is 10.5 Å². The maximum Gasteiger partial charge on any atom is 0.107 e. The van der Waals surface area contributed by atoms with Crippen LogP contribution in [0.1, 0.15) is 29.5 Å². The maximum absolute atomic E-state index is 9.28. The molecule has 0 aromatic carbocycles. The number of thiophene rings is 1. The van der Waals surface area contributed by atoms with Crippen LogP contribution in [0.2, 0.25) is 0 Å². The summed E-state index contributed by atoms with van der Waals surface area (Å²) in [5, 5.41) is 9.28. The van der Waals surface area contributed by atoms with Gasteiger partial charge in [-0.1, -0.05) is 6.92 Å². The van der Waals surface area contributed by atoms with Gasteiger partial charge in [0.05, 0.1) is 6.07 Å². The summed E-state index contributed by atoms with van der Waals surface area (Å²) in [6.45, 7) is 2.18. The predicted octanol–water partition coefficient (Wildman–Crippen LogP) is 3.64. The minimum Gasteiger partial charge on any atom is -0.197 e. The Hall–Kier alpha value is -0.460. The zero-order valence-electron chi connectivity index (χ0n) is 8.95. The second-order valence-electron chi connectivity index (χ2n) is 3.96. The van der Waals surface area contributed by atoms with E-state index in [9.17, 15) is 5.26 Å². The van der Waals surface area contributed by atoms with Crippen LogP contribution in [0.3, 0.4) is 0 Å². The van der Waals surface area contributed by atoms with Gasteiger partial charge >= 0.3 is 0 Å².